The fraction of sp³-hybridized carbons (Fsp3) is 0.385. The van der Waals surface area contributed by atoms with Crippen molar-refractivity contribution in [2.75, 3.05) is 38.6 Å². The van der Waals surface area contributed by atoms with Gasteiger partial charge in [0.1, 0.15) is 5.75 Å². The van der Waals surface area contributed by atoms with E-state index in [9.17, 15) is 9.59 Å². The predicted octanol–water partition coefficient (Wildman–Crippen LogP) is 1.65. The summed E-state index contributed by atoms with van der Waals surface area (Å²) in [6, 6.07) is 4.80. The molecule has 1 heterocycles. The molecule has 2 rings (SSSR count). The Morgan fingerprint density at radius 1 is 1.35 bits per heavy atom. The SMILES string of the molecule is COc1ccc(Cl)cc1NC(=O)N1CCN(C=O)CC1. The van der Waals surface area contributed by atoms with E-state index >= 15 is 0 Å². The topological polar surface area (TPSA) is 61.9 Å². The number of amides is 3. The number of ether oxygens (including phenoxy) is 1. The van der Waals surface area contributed by atoms with Crippen molar-refractivity contribution in [2.24, 2.45) is 0 Å². The van der Waals surface area contributed by atoms with E-state index in [1.807, 2.05) is 0 Å². The van der Waals surface area contributed by atoms with Gasteiger partial charge in [-0.15, -0.1) is 0 Å². The van der Waals surface area contributed by atoms with Gasteiger partial charge in [-0.1, -0.05) is 11.6 Å². The number of hydrogen-bond acceptors (Lipinski definition) is 3. The summed E-state index contributed by atoms with van der Waals surface area (Å²) in [4.78, 5) is 26.1. The van der Waals surface area contributed by atoms with Crippen molar-refractivity contribution in [1.82, 2.24) is 9.80 Å². The molecule has 0 aromatic heterocycles. The highest BCUT2D eigenvalue weighted by molar-refractivity contribution is 6.31. The Kier molecular flexibility index (Phi) is 4.68. The van der Waals surface area contributed by atoms with Crippen molar-refractivity contribution in [2.45, 2.75) is 0 Å². The first-order chi connectivity index (χ1) is 9.63. The number of methoxy groups -OCH3 is 1. The first-order valence-electron chi connectivity index (χ1n) is 6.23. The van der Waals surface area contributed by atoms with Crippen LogP contribution in [0.15, 0.2) is 18.2 Å². The normalized spacial score (nSPS) is 14.9. The zero-order valence-corrected chi connectivity index (χ0v) is 11.9. The van der Waals surface area contributed by atoms with Crippen LogP contribution in [-0.4, -0.2) is 55.5 Å². The van der Waals surface area contributed by atoms with Gasteiger partial charge in [-0.25, -0.2) is 4.79 Å². The lowest BCUT2D eigenvalue weighted by Gasteiger charge is -2.32. The fourth-order valence-electron chi connectivity index (χ4n) is 2.00. The van der Waals surface area contributed by atoms with Gasteiger partial charge in [-0.05, 0) is 18.2 Å². The molecule has 6 nitrogen and oxygen atoms in total. The number of rotatable bonds is 3. The number of halogens is 1. The molecule has 0 spiro atoms. The van der Waals surface area contributed by atoms with Gasteiger partial charge in [-0.2, -0.15) is 0 Å². The van der Waals surface area contributed by atoms with E-state index in [4.69, 9.17) is 16.3 Å². The van der Waals surface area contributed by atoms with Crippen molar-refractivity contribution in [1.29, 1.82) is 0 Å². The molecule has 20 heavy (non-hydrogen) atoms. The Labute approximate surface area is 122 Å². The van der Waals surface area contributed by atoms with Crippen LogP contribution in [0.3, 0.4) is 0 Å². The summed E-state index contributed by atoms with van der Waals surface area (Å²) in [6.45, 7) is 2.11. The molecule has 1 aromatic carbocycles. The lowest BCUT2D eigenvalue weighted by atomic mass is 10.3. The number of carbonyl (C=O) groups excluding carboxylic acids is 2. The first-order valence-corrected chi connectivity index (χ1v) is 6.60. The summed E-state index contributed by atoms with van der Waals surface area (Å²) < 4.78 is 5.18. The Balaban J connectivity index is 2.01. The summed E-state index contributed by atoms with van der Waals surface area (Å²) in [6.07, 6.45) is 0.801. The van der Waals surface area contributed by atoms with Gasteiger partial charge < -0.3 is 19.9 Å². The summed E-state index contributed by atoms with van der Waals surface area (Å²) >= 11 is 5.91. The minimum Gasteiger partial charge on any atom is -0.495 e. The van der Waals surface area contributed by atoms with E-state index in [0.29, 0.717) is 42.6 Å². The molecule has 108 valence electrons. The Morgan fingerprint density at radius 3 is 2.65 bits per heavy atom. The summed E-state index contributed by atoms with van der Waals surface area (Å²) in [7, 11) is 1.53. The van der Waals surface area contributed by atoms with E-state index in [1.165, 1.54) is 7.11 Å². The summed E-state index contributed by atoms with van der Waals surface area (Å²) in [5.41, 5.74) is 0.530. The van der Waals surface area contributed by atoms with Crippen LogP contribution in [0, 0.1) is 0 Å². The molecule has 0 unspecified atom stereocenters. The number of carbonyl (C=O) groups is 2. The van der Waals surface area contributed by atoms with Gasteiger partial charge in [0.2, 0.25) is 6.41 Å². The van der Waals surface area contributed by atoms with Gasteiger partial charge in [-0.3, -0.25) is 4.79 Å². The van der Waals surface area contributed by atoms with Crippen molar-refractivity contribution in [3.8, 4) is 5.75 Å². The van der Waals surface area contributed by atoms with Crippen LogP contribution in [0.5, 0.6) is 5.75 Å². The third-order valence-electron chi connectivity index (χ3n) is 3.15. The minimum absolute atomic E-state index is 0.226. The molecule has 0 atom stereocenters. The smallest absolute Gasteiger partial charge is 0.322 e. The van der Waals surface area contributed by atoms with Crippen LogP contribution >= 0.6 is 11.6 Å². The van der Waals surface area contributed by atoms with Crippen molar-refractivity contribution >= 4 is 29.7 Å². The number of hydrogen-bond donors (Lipinski definition) is 1. The first kappa shape index (κ1) is 14.5. The Morgan fingerprint density at radius 2 is 2.05 bits per heavy atom. The minimum atomic E-state index is -0.226. The molecule has 0 saturated carbocycles. The van der Waals surface area contributed by atoms with Crippen LogP contribution in [-0.2, 0) is 4.79 Å². The highest BCUT2D eigenvalue weighted by atomic mass is 35.5. The van der Waals surface area contributed by atoms with Crippen molar-refractivity contribution < 1.29 is 14.3 Å². The average molecular weight is 298 g/mol. The van der Waals surface area contributed by atoms with Crippen LogP contribution in [0.2, 0.25) is 5.02 Å². The molecule has 1 fully saturated rings. The van der Waals surface area contributed by atoms with Crippen molar-refractivity contribution in [3.05, 3.63) is 23.2 Å². The number of anilines is 1. The highest BCUT2D eigenvalue weighted by Gasteiger charge is 2.21. The molecule has 0 aliphatic carbocycles. The van der Waals surface area contributed by atoms with Gasteiger partial charge in [0.15, 0.2) is 0 Å². The number of urea groups is 1. The number of nitrogens with one attached hydrogen (secondary N) is 1. The van der Waals surface area contributed by atoms with Crippen LogP contribution in [0.25, 0.3) is 0 Å². The van der Waals surface area contributed by atoms with E-state index in [-0.39, 0.29) is 6.03 Å². The second kappa shape index (κ2) is 6.47. The predicted molar refractivity (Wildman–Crippen MR) is 76.2 cm³/mol. The fourth-order valence-corrected chi connectivity index (χ4v) is 2.17. The summed E-state index contributed by atoms with van der Waals surface area (Å²) in [5, 5.41) is 3.30. The second-order valence-corrected chi connectivity index (χ2v) is 4.84. The molecule has 1 aliphatic rings. The molecule has 1 N–H and O–H groups in total. The molecule has 1 aromatic rings. The maximum absolute atomic E-state index is 12.2. The molecule has 0 bridgehead atoms. The lowest BCUT2D eigenvalue weighted by Crippen LogP contribution is -2.49. The third-order valence-corrected chi connectivity index (χ3v) is 3.39. The summed E-state index contributed by atoms with van der Waals surface area (Å²) in [5.74, 6) is 0.550. The molecular formula is C13H16ClN3O3. The van der Waals surface area contributed by atoms with E-state index in [0.717, 1.165) is 6.41 Å². The highest BCUT2D eigenvalue weighted by Crippen LogP contribution is 2.27. The molecule has 1 saturated heterocycles. The maximum atomic E-state index is 12.2. The molecule has 1 aliphatic heterocycles. The van der Waals surface area contributed by atoms with Crippen LogP contribution in [0.4, 0.5) is 10.5 Å². The standard InChI is InChI=1S/C13H16ClN3O3/c1-20-12-3-2-10(14)8-11(12)15-13(19)17-6-4-16(9-18)5-7-17/h2-3,8-9H,4-7H2,1H3,(H,15,19). The Bertz CT molecular complexity index is 502. The largest absolute Gasteiger partial charge is 0.495 e. The zero-order valence-electron chi connectivity index (χ0n) is 11.1. The lowest BCUT2D eigenvalue weighted by molar-refractivity contribution is -0.119. The Hall–Kier alpha value is -1.95. The number of piperazine rings is 1. The number of benzene rings is 1. The van der Waals surface area contributed by atoms with Gasteiger partial charge in [0, 0.05) is 31.2 Å². The monoisotopic (exact) mass is 297 g/mol. The molecule has 0 radical (unpaired) electrons. The molecule has 7 heteroatoms. The van der Waals surface area contributed by atoms with Gasteiger partial charge >= 0.3 is 6.03 Å². The second-order valence-electron chi connectivity index (χ2n) is 4.40. The molecular weight excluding hydrogens is 282 g/mol. The van der Waals surface area contributed by atoms with E-state index in [2.05, 4.69) is 5.32 Å². The van der Waals surface area contributed by atoms with E-state index in [1.54, 1.807) is 28.0 Å². The quantitative estimate of drug-likeness (QED) is 0.863. The third kappa shape index (κ3) is 3.33. The maximum Gasteiger partial charge on any atom is 0.322 e. The van der Waals surface area contributed by atoms with E-state index < -0.39 is 0 Å². The van der Waals surface area contributed by atoms with Gasteiger partial charge in [0.25, 0.3) is 0 Å². The average Bonchev–Trinajstić information content (AvgIpc) is 2.47. The van der Waals surface area contributed by atoms with Gasteiger partial charge in [0.05, 0.1) is 12.8 Å². The zero-order chi connectivity index (χ0) is 14.5. The van der Waals surface area contributed by atoms with Crippen LogP contribution in [0.1, 0.15) is 0 Å². The van der Waals surface area contributed by atoms with Crippen LogP contribution < -0.4 is 10.1 Å². The van der Waals surface area contributed by atoms with Crippen molar-refractivity contribution in [3.63, 3.8) is 0 Å². The molecule has 3 amide bonds. The number of nitrogens with zero attached hydrogens (tertiary/aromatic N) is 2.